The van der Waals surface area contributed by atoms with Crippen molar-refractivity contribution in [2.45, 2.75) is 18.9 Å². The van der Waals surface area contributed by atoms with Crippen molar-refractivity contribution in [3.8, 4) is 0 Å². The second kappa shape index (κ2) is 8.59. The Bertz CT molecular complexity index is 463. The summed E-state index contributed by atoms with van der Waals surface area (Å²) in [7, 11) is -9.45. The average Bonchev–Trinajstić information content (AvgIpc) is 2.22. The standard InChI is InChI=1S/C8H19N3O9P2/c9-8(14)10-3-1-2-6(7(12)13)11(4-21(15,16)17)5-22(18,19)20/h6H,1-5H2,(H,12,13)(H3,9,10,14)(H2,15,16,17)(H2,18,19,20). The summed E-state index contributed by atoms with van der Waals surface area (Å²) >= 11 is 0. The Labute approximate surface area is 125 Å². The van der Waals surface area contributed by atoms with E-state index in [1.807, 2.05) is 0 Å². The molecule has 0 aliphatic rings. The highest BCUT2D eigenvalue weighted by atomic mass is 31.2. The van der Waals surface area contributed by atoms with Gasteiger partial charge in [0.1, 0.15) is 18.6 Å². The number of nitrogens with one attached hydrogen (secondary N) is 1. The van der Waals surface area contributed by atoms with Crippen molar-refractivity contribution in [3.05, 3.63) is 0 Å². The van der Waals surface area contributed by atoms with Crippen molar-refractivity contribution in [1.82, 2.24) is 10.2 Å². The first-order chi connectivity index (χ1) is 9.82. The third-order valence-electron chi connectivity index (χ3n) is 2.41. The predicted molar refractivity (Wildman–Crippen MR) is 73.9 cm³/mol. The number of carboxylic acids is 1. The van der Waals surface area contributed by atoms with Gasteiger partial charge in [0.2, 0.25) is 0 Å². The largest absolute Gasteiger partial charge is 0.480 e. The number of nitrogens with zero attached hydrogens (tertiary/aromatic N) is 1. The highest BCUT2D eigenvalue weighted by Gasteiger charge is 2.34. The first-order valence-corrected chi connectivity index (χ1v) is 9.50. The van der Waals surface area contributed by atoms with Crippen LogP contribution in [0.25, 0.3) is 0 Å². The molecule has 0 fully saturated rings. The van der Waals surface area contributed by atoms with E-state index in [0.717, 1.165) is 0 Å². The zero-order valence-electron chi connectivity index (χ0n) is 11.4. The van der Waals surface area contributed by atoms with E-state index in [-0.39, 0.29) is 19.4 Å². The minimum Gasteiger partial charge on any atom is -0.480 e. The molecule has 0 aromatic heterocycles. The van der Waals surface area contributed by atoms with E-state index < -0.39 is 45.8 Å². The Morgan fingerprint density at radius 2 is 1.55 bits per heavy atom. The topological polar surface area (TPSA) is 211 Å². The molecule has 0 aromatic rings. The van der Waals surface area contributed by atoms with Gasteiger partial charge in [-0.3, -0.25) is 18.8 Å². The van der Waals surface area contributed by atoms with Gasteiger partial charge in [-0.25, -0.2) is 4.79 Å². The molecule has 0 heterocycles. The Kier molecular flexibility index (Phi) is 8.19. The number of hydrogen-bond donors (Lipinski definition) is 7. The Hall–Kier alpha value is -1.00. The fourth-order valence-electron chi connectivity index (χ4n) is 1.68. The fourth-order valence-corrected chi connectivity index (χ4v) is 3.38. The number of primary amides is 1. The summed E-state index contributed by atoms with van der Waals surface area (Å²) in [5, 5.41) is 11.3. The molecule has 22 heavy (non-hydrogen) atoms. The van der Waals surface area contributed by atoms with Crippen molar-refractivity contribution in [3.63, 3.8) is 0 Å². The van der Waals surface area contributed by atoms with Gasteiger partial charge in [0, 0.05) is 6.54 Å². The predicted octanol–water partition coefficient (Wildman–Crippen LogP) is -1.54. The zero-order chi connectivity index (χ0) is 17.6. The van der Waals surface area contributed by atoms with Crippen LogP contribution in [0.15, 0.2) is 0 Å². The Morgan fingerprint density at radius 3 is 1.86 bits per heavy atom. The average molecular weight is 363 g/mol. The first kappa shape index (κ1) is 21.0. The smallest absolute Gasteiger partial charge is 0.339 e. The third kappa shape index (κ3) is 10.7. The van der Waals surface area contributed by atoms with E-state index in [0.29, 0.717) is 4.90 Å². The van der Waals surface area contributed by atoms with Gasteiger partial charge in [0.25, 0.3) is 0 Å². The van der Waals surface area contributed by atoms with Crippen LogP contribution in [0.3, 0.4) is 0 Å². The van der Waals surface area contributed by atoms with Crippen molar-refractivity contribution >= 4 is 27.2 Å². The zero-order valence-corrected chi connectivity index (χ0v) is 13.2. The fraction of sp³-hybridized carbons (Fsp3) is 0.750. The molecule has 2 amide bonds. The highest BCUT2D eigenvalue weighted by Crippen LogP contribution is 2.42. The summed E-state index contributed by atoms with van der Waals surface area (Å²) in [5.41, 5.74) is 4.81. The summed E-state index contributed by atoms with van der Waals surface area (Å²) in [6.45, 7) is 0.0127. The molecule has 0 spiro atoms. The summed E-state index contributed by atoms with van der Waals surface area (Å²) in [4.78, 5) is 57.8. The number of hydrogen-bond acceptors (Lipinski definition) is 5. The van der Waals surface area contributed by atoms with Gasteiger partial charge in [0.15, 0.2) is 0 Å². The van der Waals surface area contributed by atoms with Gasteiger partial charge in [0.05, 0.1) is 0 Å². The van der Waals surface area contributed by atoms with Gasteiger partial charge >= 0.3 is 27.2 Å². The van der Waals surface area contributed by atoms with Crippen LogP contribution in [-0.4, -0.2) is 66.7 Å². The monoisotopic (exact) mass is 363 g/mol. The van der Waals surface area contributed by atoms with Crippen molar-refractivity contribution < 1.29 is 43.4 Å². The molecule has 12 nitrogen and oxygen atoms in total. The van der Waals surface area contributed by atoms with Crippen molar-refractivity contribution in [2.75, 3.05) is 19.1 Å². The molecular formula is C8H19N3O9P2. The molecule has 1 atom stereocenters. The lowest BCUT2D eigenvalue weighted by Crippen LogP contribution is -2.43. The van der Waals surface area contributed by atoms with Crippen LogP contribution in [0.2, 0.25) is 0 Å². The number of rotatable bonds is 10. The Morgan fingerprint density at radius 1 is 1.09 bits per heavy atom. The van der Waals surface area contributed by atoms with Crippen LogP contribution in [-0.2, 0) is 13.9 Å². The highest BCUT2D eigenvalue weighted by molar-refractivity contribution is 7.52. The maximum atomic E-state index is 11.2. The number of carboxylic acid groups (broad SMARTS) is 1. The van der Waals surface area contributed by atoms with Crippen molar-refractivity contribution in [2.24, 2.45) is 5.73 Å². The summed E-state index contributed by atoms with van der Waals surface area (Å²) < 4.78 is 22.0. The lowest BCUT2D eigenvalue weighted by Gasteiger charge is -2.28. The molecular weight excluding hydrogens is 344 g/mol. The van der Waals surface area contributed by atoms with E-state index in [9.17, 15) is 18.7 Å². The number of nitrogens with two attached hydrogens (primary N) is 1. The second-order valence-corrected chi connectivity index (χ2v) is 7.71. The minimum atomic E-state index is -4.73. The number of carbonyl (C=O) groups is 2. The van der Waals surface area contributed by atoms with Crippen LogP contribution >= 0.6 is 15.2 Å². The molecule has 0 saturated carbocycles. The van der Waals surface area contributed by atoms with E-state index >= 15 is 0 Å². The molecule has 1 unspecified atom stereocenters. The van der Waals surface area contributed by atoms with Crippen LogP contribution in [0.4, 0.5) is 4.79 Å². The normalized spacial score (nSPS) is 13.9. The number of aliphatic carboxylic acids is 1. The lowest BCUT2D eigenvalue weighted by atomic mass is 10.1. The molecule has 8 N–H and O–H groups in total. The quantitative estimate of drug-likeness (QED) is 0.175. The van der Waals surface area contributed by atoms with Gasteiger partial charge in [-0.2, -0.15) is 0 Å². The minimum absolute atomic E-state index is 0.0127. The van der Waals surface area contributed by atoms with Crippen LogP contribution < -0.4 is 11.1 Å². The van der Waals surface area contributed by atoms with Gasteiger partial charge in [-0.05, 0) is 12.8 Å². The molecule has 0 radical (unpaired) electrons. The molecule has 0 aliphatic carbocycles. The first-order valence-electron chi connectivity index (χ1n) is 5.91. The number of amides is 2. The van der Waals surface area contributed by atoms with E-state index in [1.165, 1.54) is 0 Å². The maximum Gasteiger partial charge on any atom is 0.339 e. The van der Waals surface area contributed by atoms with Crippen molar-refractivity contribution in [1.29, 1.82) is 0 Å². The summed E-state index contributed by atoms with van der Waals surface area (Å²) in [6.07, 6.45) is -2.34. The maximum absolute atomic E-state index is 11.2. The van der Waals surface area contributed by atoms with E-state index in [1.54, 1.807) is 0 Å². The molecule has 0 bridgehead atoms. The lowest BCUT2D eigenvalue weighted by molar-refractivity contribution is -0.142. The Balaban J connectivity index is 4.97. The third-order valence-corrected chi connectivity index (χ3v) is 3.87. The molecule has 0 rings (SSSR count). The van der Waals surface area contributed by atoms with Crippen LogP contribution in [0, 0.1) is 0 Å². The van der Waals surface area contributed by atoms with Crippen LogP contribution in [0.1, 0.15) is 12.8 Å². The van der Waals surface area contributed by atoms with Crippen LogP contribution in [0.5, 0.6) is 0 Å². The molecule has 0 saturated heterocycles. The molecule has 0 aliphatic heterocycles. The number of carbonyl (C=O) groups excluding carboxylic acids is 1. The van der Waals surface area contributed by atoms with Gasteiger partial charge < -0.3 is 35.7 Å². The SMILES string of the molecule is NC(=O)NCCCC(C(=O)O)N(CP(=O)(O)O)CP(=O)(O)O. The summed E-state index contributed by atoms with van der Waals surface area (Å²) in [6, 6.07) is -2.36. The van der Waals surface area contributed by atoms with Gasteiger partial charge in [-0.15, -0.1) is 0 Å². The molecule has 14 heteroatoms. The number of urea groups is 1. The van der Waals surface area contributed by atoms with E-state index in [2.05, 4.69) is 5.32 Å². The molecule has 130 valence electrons. The summed E-state index contributed by atoms with van der Waals surface area (Å²) in [5.74, 6) is -1.50. The molecule has 0 aromatic carbocycles. The van der Waals surface area contributed by atoms with Gasteiger partial charge in [-0.1, -0.05) is 0 Å². The second-order valence-electron chi connectivity index (χ2n) is 4.49. The van der Waals surface area contributed by atoms with E-state index in [4.69, 9.17) is 30.4 Å².